The van der Waals surface area contributed by atoms with E-state index in [1.54, 1.807) is 6.07 Å². The van der Waals surface area contributed by atoms with Gasteiger partial charge in [-0.1, -0.05) is 0 Å². The van der Waals surface area contributed by atoms with Crippen molar-refractivity contribution in [3.8, 4) is 0 Å². The fourth-order valence-corrected chi connectivity index (χ4v) is 1.64. The molecule has 112 valence electrons. The van der Waals surface area contributed by atoms with E-state index in [1.165, 1.54) is 6.33 Å². The number of nitrogens with zero attached hydrogens (tertiary/aromatic N) is 2. The normalized spacial score (nSPS) is 11.3. The molecule has 21 heavy (non-hydrogen) atoms. The van der Waals surface area contributed by atoms with Crippen molar-refractivity contribution in [2.24, 2.45) is 0 Å². The maximum Gasteiger partial charge on any atom is 0.196 e. The summed E-state index contributed by atoms with van der Waals surface area (Å²) >= 11 is 0. The molecule has 0 saturated heterocycles. The lowest BCUT2D eigenvalue weighted by Crippen LogP contribution is -2.26. The highest BCUT2D eigenvalue weighted by Gasteiger charge is 2.15. The van der Waals surface area contributed by atoms with Gasteiger partial charge in [-0.2, -0.15) is 0 Å². The highest BCUT2D eigenvalue weighted by atomic mass is 19.2. The van der Waals surface area contributed by atoms with Gasteiger partial charge in [0.1, 0.15) is 18.0 Å². The van der Waals surface area contributed by atoms with Crippen LogP contribution in [0.4, 0.5) is 30.5 Å². The summed E-state index contributed by atoms with van der Waals surface area (Å²) in [7, 11) is 0. The molecule has 2 rings (SSSR count). The summed E-state index contributed by atoms with van der Waals surface area (Å²) in [6.07, 6.45) is 1.29. The van der Waals surface area contributed by atoms with Crippen molar-refractivity contribution in [2.45, 2.75) is 26.3 Å². The zero-order chi connectivity index (χ0) is 15.6. The van der Waals surface area contributed by atoms with Crippen LogP contribution in [0.1, 0.15) is 20.8 Å². The van der Waals surface area contributed by atoms with Crippen LogP contribution in [0.5, 0.6) is 0 Å². The quantitative estimate of drug-likeness (QED) is 0.845. The van der Waals surface area contributed by atoms with Gasteiger partial charge in [0, 0.05) is 11.6 Å². The van der Waals surface area contributed by atoms with Gasteiger partial charge in [-0.15, -0.1) is 0 Å². The molecule has 4 nitrogen and oxygen atoms in total. The Morgan fingerprint density at radius 1 is 0.952 bits per heavy atom. The molecule has 0 aliphatic rings. The predicted molar refractivity (Wildman–Crippen MR) is 75.0 cm³/mol. The minimum absolute atomic E-state index is 0.200. The monoisotopic (exact) mass is 296 g/mol. The molecule has 0 amide bonds. The van der Waals surface area contributed by atoms with E-state index in [9.17, 15) is 13.2 Å². The molecule has 7 heteroatoms. The minimum atomic E-state index is -1.53. The van der Waals surface area contributed by atoms with Gasteiger partial charge < -0.3 is 10.6 Å². The zero-order valence-electron chi connectivity index (χ0n) is 11.8. The molecule has 0 unspecified atom stereocenters. The number of rotatable bonds is 3. The molecule has 0 spiro atoms. The third kappa shape index (κ3) is 3.84. The molecule has 1 aromatic heterocycles. The van der Waals surface area contributed by atoms with Crippen LogP contribution in [0, 0.1) is 17.5 Å². The summed E-state index contributed by atoms with van der Waals surface area (Å²) < 4.78 is 39.6. The molecule has 0 radical (unpaired) electrons. The van der Waals surface area contributed by atoms with Gasteiger partial charge >= 0.3 is 0 Å². The summed E-state index contributed by atoms with van der Waals surface area (Å²) in [6, 6.07) is 3.49. The molecular formula is C14H15F3N4. The van der Waals surface area contributed by atoms with Gasteiger partial charge in [0.2, 0.25) is 0 Å². The van der Waals surface area contributed by atoms with Crippen molar-refractivity contribution in [1.29, 1.82) is 0 Å². The molecule has 2 N–H and O–H groups in total. The summed E-state index contributed by atoms with van der Waals surface area (Å²) in [5.74, 6) is -3.26. The van der Waals surface area contributed by atoms with Gasteiger partial charge in [-0.05, 0) is 32.9 Å². The standard InChI is InChI=1S/C14H15F3N4/c1-14(2,3)21-11-6-10(18-7-19-11)20-9-5-4-8(15)12(16)13(9)17/h4-7H,1-3H3,(H2,18,19,20,21). The molecule has 1 aromatic carbocycles. The Morgan fingerprint density at radius 2 is 1.62 bits per heavy atom. The second-order valence-corrected chi connectivity index (χ2v) is 5.51. The number of hydrogen-bond acceptors (Lipinski definition) is 4. The Kier molecular flexibility index (Phi) is 4.02. The number of hydrogen-bond donors (Lipinski definition) is 2. The van der Waals surface area contributed by atoms with E-state index in [-0.39, 0.29) is 17.0 Å². The zero-order valence-corrected chi connectivity index (χ0v) is 11.8. The van der Waals surface area contributed by atoms with Gasteiger partial charge in [0.25, 0.3) is 0 Å². The fourth-order valence-electron chi connectivity index (χ4n) is 1.64. The fraction of sp³-hybridized carbons (Fsp3) is 0.286. The topological polar surface area (TPSA) is 49.8 Å². The first kappa shape index (κ1) is 15.1. The molecule has 0 atom stereocenters. The lowest BCUT2D eigenvalue weighted by Gasteiger charge is -2.21. The Morgan fingerprint density at radius 3 is 2.29 bits per heavy atom. The average Bonchev–Trinajstić information content (AvgIpc) is 2.38. The van der Waals surface area contributed by atoms with E-state index in [0.29, 0.717) is 5.82 Å². The van der Waals surface area contributed by atoms with E-state index in [1.807, 2.05) is 20.8 Å². The van der Waals surface area contributed by atoms with E-state index in [2.05, 4.69) is 20.6 Å². The Hall–Kier alpha value is -2.31. The molecule has 0 aliphatic carbocycles. The van der Waals surface area contributed by atoms with E-state index < -0.39 is 17.5 Å². The number of benzene rings is 1. The van der Waals surface area contributed by atoms with Crippen molar-refractivity contribution in [3.63, 3.8) is 0 Å². The van der Waals surface area contributed by atoms with Crippen LogP contribution in [0.25, 0.3) is 0 Å². The predicted octanol–water partition coefficient (Wildman–Crippen LogP) is 3.85. The average molecular weight is 296 g/mol. The largest absolute Gasteiger partial charge is 0.365 e. The van der Waals surface area contributed by atoms with Gasteiger partial charge in [-0.3, -0.25) is 0 Å². The van der Waals surface area contributed by atoms with E-state index in [4.69, 9.17) is 0 Å². The van der Waals surface area contributed by atoms with E-state index >= 15 is 0 Å². The molecule has 0 saturated carbocycles. The van der Waals surface area contributed by atoms with Crippen molar-refractivity contribution in [1.82, 2.24) is 9.97 Å². The lowest BCUT2D eigenvalue weighted by atomic mass is 10.1. The van der Waals surface area contributed by atoms with Gasteiger partial charge in [0.15, 0.2) is 17.5 Å². The number of anilines is 3. The van der Waals surface area contributed by atoms with Crippen LogP contribution in [-0.2, 0) is 0 Å². The van der Waals surface area contributed by atoms with Gasteiger partial charge in [-0.25, -0.2) is 23.1 Å². The number of nitrogens with one attached hydrogen (secondary N) is 2. The van der Waals surface area contributed by atoms with Crippen molar-refractivity contribution in [3.05, 3.63) is 42.0 Å². The number of halogens is 3. The lowest BCUT2D eigenvalue weighted by molar-refractivity contribution is 0.449. The Balaban J connectivity index is 2.24. The third-order valence-electron chi connectivity index (χ3n) is 2.47. The van der Waals surface area contributed by atoms with Crippen LogP contribution in [0.15, 0.2) is 24.5 Å². The molecule has 2 aromatic rings. The van der Waals surface area contributed by atoms with Crippen LogP contribution in [0.2, 0.25) is 0 Å². The summed E-state index contributed by atoms with van der Waals surface area (Å²) in [5.41, 5.74) is -0.409. The first-order chi connectivity index (χ1) is 9.76. The van der Waals surface area contributed by atoms with Gasteiger partial charge in [0.05, 0.1) is 5.69 Å². The molecule has 0 fully saturated rings. The molecule has 0 bridgehead atoms. The van der Waals surface area contributed by atoms with E-state index in [0.717, 1.165) is 12.1 Å². The van der Waals surface area contributed by atoms with Crippen molar-refractivity contribution in [2.75, 3.05) is 10.6 Å². The number of aromatic nitrogens is 2. The highest BCUT2D eigenvalue weighted by molar-refractivity contribution is 5.59. The van der Waals surface area contributed by atoms with Crippen LogP contribution >= 0.6 is 0 Å². The second-order valence-electron chi connectivity index (χ2n) is 5.51. The maximum atomic E-state index is 13.6. The third-order valence-corrected chi connectivity index (χ3v) is 2.47. The van der Waals surface area contributed by atoms with Crippen molar-refractivity contribution >= 4 is 17.3 Å². The van der Waals surface area contributed by atoms with Crippen molar-refractivity contribution < 1.29 is 13.2 Å². The summed E-state index contributed by atoms with van der Waals surface area (Å²) in [4.78, 5) is 7.94. The second kappa shape index (κ2) is 5.59. The molecule has 0 aliphatic heterocycles. The SMILES string of the molecule is CC(C)(C)Nc1cc(Nc2ccc(F)c(F)c2F)ncn1. The van der Waals surface area contributed by atoms with Crippen LogP contribution in [-0.4, -0.2) is 15.5 Å². The van der Waals surface area contributed by atoms with Crippen LogP contribution in [0.3, 0.4) is 0 Å². The van der Waals surface area contributed by atoms with Crippen LogP contribution < -0.4 is 10.6 Å². The minimum Gasteiger partial charge on any atom is -0.365 e. The molecular weight excluding hydrogens is 281 g/mol. The molecule has 1 heterocycles. The maximum absolute atomic E-state index is 13.6. The first-order valence-corrected chi connectivity index (χ1v) is 6.27. The Labute approximate surface area is 120 Å². The highest BCUT2D eigenvalue weighted by Crippen LogP contribution is 2.23. The summed E-state index contributed by atoms with van der Waals surface area (Å²) in [5, 5.41) is 5.72. The smallest absolute Gasteiger partial charge is 0.196 e. The summed E-state index contributed by atoms with van der Waals surface area (Å²) in [6.45, 7) is 5.87. The Bertz CT molecular complexity index is 653. The first-order valence-electron chi connectivity index (χ1n) is 6.27.